The Balaban J connectivity index is 2.58. The summed E-state index contributed by atoms with van der Waals surface area (Å²) in [4.78, 5) is 27.9. The van der Waals surface area contributed by atoms with Gasteiger partial charge in [0, 0.05) is 13.1 Å². The van der Waals surface area contributed by atoms with E-state index in [-0.39, 0.29) is 17.1 Å². The molecule has 1 heterocycles. The molecule has 0 bridgehead atoms. The molecule has 2 aromatic rings. The zero-order valence-electron chi connectivity index (χ0n) is 13.2. The monoisotopic (exact) mass is 349 g/mol. The number of halogens is 1. The van der Waals surface area contributed by atoms with E-state index in [0.717, 1.165) is 5.56 Å². The third kappa shape index (κ3) is 3.46. The molecule has 0 fully saturated rings. The summed E-state index contributed by atoms with van der Waals surface area (Å²) >= 11 is 6.02. The predicted molar refractivity (Wildman–Crippen MR) is 90.8 cm³/mol. The standard InChI is InChI=1S/C16H16ClN3O4/c1-3-19(9-11-7-5-4-6-8-11)15-14(20(23)24)13(17)12(16(21)22)10(2)18-15/h4-8H,3,9H2,1-2H3,(H,21,22). The molecule has 2 rings (SSSR count). The molecule has 0 radical (unpaired) electrons. The van der Waals surface area contributed by atoms with Gasteiger partial charge < -0.3 is 10.0 Å². The van der Waals surface area contributed by atoms with Crippen molar-refractivity contribution in [2.45, 2.75) is 20.4 Å². The number of pyridine rings is 1. The summed E-state index contributed by atoms with van der Waals surface area (Å²) < 4.78 is 0. The first kappa shape index (κ1) is 17.7. The number of carbonyl (C=O) groups is 1. The van der Waals surface area contributed by atoms with Crippen LogP contribution in [-0.4, -0.2) is 27.5 Å². The van der Waals surface area contributed by atoms with Crippen molar-refractivity contribution in [2.24, 2.45) is 0 Å². The summed E-state index contributed by atoms with van der Waals surface area (Å²) in [5, 5.41) is 20.3. The average molecular weight is 350 g/mol. The van der Waals surface area contributed by atoms with Gasteiger partial charge in [-0.05, 0) is 19.4 Å². The first-order chi connectivity index (χ1) is 11.4. The van der Waals surface area contributed by atoms with Crippen LogP contribution in [0.4, 0.5) is 11.5 Å². The van der Waals surface area contributed by atoms with Gasteiger partial charge in [0.25, 0.3) is 0 Å². The number of hydrogen-bond acceptors (Lipinski definition) is 5. The molecular weight excluding hydrogens is 334 g/mol. The second-order valence-corrected chi connectivity index (χ2v) is 5.50. The molecule has 0 aliphatic rings. The normalized spacial score (nSPS) is 10.5. The maximum Gasteiger partial charge on any atom is 0.339 e. The lowest BCUT2D eigenvalue weighted by Crippen LogP contribution is -2.25. The van der Waals surface area contributed by atoms with Crippen LogP contribution in [0.15, 0.2) is 30.3 Å². The number of anilines is 1. The van der Waals surface area contributed by atoms with Crippen molar-refractivity contribution in [1.82, 2.24) is 4.98 Å². The van der Waals surface area contributed by atoms with E-state index in [1.165, 1.54) is 6.92 Å². The molecule has 1 aromatic heterocycles. The molecule has 0 aliphatic carbocycles. The summed E-state index contributed by atoms with van der Waals surface area (Å²) in [7, 11) is 0. The Labute approximate surface area is 143 Å². The molecule has 0 saturated heterocycles. The topological polar surface area (TPSA) is 96.6 Å². The van der Waals surface area contributed by atoms with Crippen LogP contribution >= 0.6 is 11.6 Å². The Bertz CT molecular complexity index is 781. The molecule has 0 unspecified atom stereocenters. The van der Waals surface area contributed by atoms with Crippen molar-refractivity contribution in [3.05, 3.63) is 62.3 Å². The zero-order valence-corrected chi connectivity index (χ0v) is 13.9. The van der Waals surface area contributed by atoms with Crippen molar-refractivity contribution in [2.75, 3.05) is 11.4 Å². The zero-order chi connectivity index (χ0) is 17.9. The third-order valence-electron chi connectivity index (χ3n) is 3.57. The number of aromatic carboxylic acids is 1. The molecule has 1 aromatic carbocycles. The van der Waals surface area contributed by atoms with E-state index >= 15 is 0 Å². The number of aryl methyl sites for hydroxylation is 1. The fraction of sp³-hybridized carbons (Fsp3) is 0.250. The highest BCUT2D eigenvalue weighted by atomic mass is 35.5. The van der Waals surface area contributed by atoms with Crippen LogP contribution in [-0.2, 0) is 6.54 Å². The lowest BCUT2D eigenvalue weighted by Gasteiger charge is -2.23. The molecular formula is C16H16ClN3O4. The number of hydrogen-bond donors (Lipinski definition) is 1. The van der Waals surface area contributed by atoms with Crippen LogP contribution in [0.5, 0.6) is 0 Å². The Hall–Kier alpha value is -2.67. The van der Waals surface area contributed by atoms with Crippen LogP contribution in [0.2, 0.25) is 5.02 Å². The largest absolute Gasteiger partial charge is 0.478 e. The summed E-state index contributed by atoms with van der Waals surface area (Å²) in [6, 6.07) is 9.42. The maximum absolute atomic E-state index is 11.5. The minimum absolute atomic E-state index is 0.0684. The Kier molecular flexibility index (Phi) is 5.35. The van der Waals surface area contributed by atoms with Gasteiger partial charge in [0.05, 0.1) is 10.6 Å². The molecule has 0 saturated carbocycles. The molecule has 7 nitrogen and oxygen atoms in total. The molecule has 0 aliphatic heterocycles. The highest BCUT2D eigenvalue weighted by Crippen LogP contribution is 2.38. The molecule has 126 valence electrons. The lowest BCUT2D eigenvalue weighted by atomic mass is 10.1. The summed E-state index contributed by atoms with van der Waals surface area (Å²) in [5.74, 6) is -1.27. The quantitative estimate of drug-likeness (QED) is 0.631. The van der Waals surface area contributed by atoms with Gasteiger partial charge in [-0.2, -0.15) is 0 Å². The molecule has 24 heavy (non-hydrogen) atoms. The summed E-state index contributed by atoms with van der Waals surface area (Å²) in [6.07, 6.45) is 0. The number of aromatic nitrogens is 1. The SMILES string of the molecule is CCN(Cc1ccccc1)c1nc(C)c(C(=O)O)c(Cl)c1[N+](=O)[O-]. The predicted octanol–water partition coefficient (Wildman–Crippen LogP) is 3.68. The van der Waals surface area contributed by atoms with Crippen LogP contribution in [0, 0.1) is 17.0 Å². The smallest absolute Gasteiger partial charge is 0.339 e. The van der Waals surface area contributed by atoms with Crippen molar-refractivity contribution in [1.29, 1.82) is 0 Å². The molecule has 1 N–H and O–H groups in total. The van der Waals surface area contributed by atoms with Crippen LogP contribution in [0.25, 0.3) is 0 Å². The van der Waals surface area contributed by atoms with Crippen molar-refractivity contribution >= 4 is 29.1 Å². The number of nitro groups is 1. The summed E-state index contributed by atoms with van der Waals surface area (Å²) in [6.45, 7) is 4.15. The lowest BCUT2D eigenvalue weighted by molar-refractivity contribution is -0.384. The Morgan fingerprint density at radius 1 is 1.38 bits per heavy atom. The van der Waals surface area contributed by atoms with Gasteiger partial charge in [0.1, 0.15) is 10.6 Å². The van der Waals surface area contributed by atoms with E-state index in [9.17, 15) is 20.0 Å². The van der Waals surface area contributed by atoms with Gasteiger partial charge in [0.15, 0.2) is 0 Å². The molecule has 0 spiro atoms. The molecule has 0 amide bonds. The van der Waals surface area contributed by atoms with Gasteiger partial charge in [-0.15, -0.1) is 0 Å². The van der Waals surface area contributed by atoms with E-state index in [1.807, 2.05) is 37.3 Å². The van der Waals surface area contributed by atoms with E-state index in [1.54, 1.807) is 4.90 Å². The highest BCUT2D eigenvalue weighted by Gasteiger charge is 2.31. The first-order valence-electron chi connectivity index (χ1n) is 7.23. The van der Waals surface area contributed by atoms with Crippen LogP contribution in [0.3, 0.4) is 0 Å². The van der Waals surface area contributed by atoms with E-state index in [0.29, 0.717) is 13.1 Å². The summed E-state index contributed by atoms with van der Waals surface area (Å²) in [5.41, 5.74) is 0.256. The maximum atomic E-state index is 11.5. The molecule has 8 heteroatoms. The number of nitrogens with zero attached hydrogens (tertiary/aromatic N) is 3. The van der Waals surface area contributed by atoms with Gasteiger partial charge in [-0.25, -0.2) is 9.78 Å². The first-order valence-corrected chi connectivity index (χ1v) is 7.61. The van der Waals surface area contributed by atoms with Gasteiger partial charge in [-0.1, -0.05) is 41.9 Å². The number of carboxylic acid groups (broad SMARTS) is 1. The highest BCUT2D eigenvalue weighted by molar-refractivity contribution is 6.36. The average Bonchev–Trinajstić information content (AvgIpc) is 2.52. The second kappa shape index (κ2) is 7.27. The van der Waals surface area contributed by atoms with Crippen molar-refractivity contribution in [3.63, 3.8) is 0 Å². The minimum Gasteiger partial charge on any atom is -0.478 e. The fourth-order valence-corrected chi connectivity index (χ4v) is 2.79. The Morgan fingerprint density at radius 2 is 2.00 bits per heavy atom. The van der Waals surface area contributed by atoms with E-state index in [2.05, 4.69) is 4.98 Å². The number of benzene rings is 1. The Morgan fingerprint density at radius 3 is 2.50 bits per heavy atom. The number of rotatable bonds is 6. The van der Waals surface area contributed by atoms with Crippen molar-refractivity contribution < 1.29 is 14.8 Å². The van der Waals surface area contributed by atoms with Gasteiger partial charge >= 0.3 is 11.7 Å². The van der Waals surface area contributed by atoms with E-state index < -0.39 is 21.6 Å². The molecule has 0 atom stereocenters. The minimum atomic E-state index is -1.34. The van der Waals surface area contributed by atoms with Gasteiger partial charge in [0.2, 0.25) is 5.82 Å². The number of carboxylic acids is 1. The second-order valence-electron chi connectivity index (χ2n) is 5.12. The van der Waals surface area contributed by atoms with Gasteiger partial charge in [-0.3, -0.25) is 10.1 Å². The van der Waals surface area contributed by atoms with Crippen LogP contribution in [0.1, 0.15) is 28.5 Å². The fourth-order valence-electron chi connectivity index (χ4n) is 2.41. The van der Waals surface area contributed by atoms with Crippen molar-refractivity contribution in [3.8, 4) is 0 Å². The van der Waals surface area contributed by atoms with E-state index in [4.69, 9.17) is 11.6 Å². The third-order valence-corrected chi connectivity index (χ3v) is 3.94. The van der Waals surface area contributed by atoms with Crippen LogP contribution < -0.4 is 4.90 Å².